The minimum Gasteiger partial charge on any atom is -0.342 e. The molecule has 126 valence electrons. The van der Waals surface area contributed by atoms with Gasteiger partial charge in [-0.1, -0.05) is 13.3 Å². The molecule has 0 N–H and O–H groups in total. The number of amides is 2. The molecule has 0 unspecified atom stereocenters. The van der Waals surface area contributed by atoms with E-state index in [0.717, 1.165) is 25.1 Å². The minimum absolute atomic E-state index is 0.0889. The fourth-order valence-corrected chi connectivity index (χ4v) is 3.37. The maximum absolute atomic E-state index is 13.0. The molecule has 1 fully saturated rings. The van der Waals surface area contributed by atoms with Crippen LogP contribution in [0.4, 0.5) is 0 Å². The van der Waals surface area contributed by atoms with Gasteiger partial charge in [0.05, 0.1) is 6.07 Å². The summed E-state index contributed by atoms with van der Waals surface area (Å²) >= 11 is 0. The van der Waals surface area contributed by atoms with E-state index < -0.39 is 5.54 Å². The summed E-state index contributed by atoms with van der Waals surface area (Å²) in [4.78, 5) is 33.1. The number of nitriles is 1. The zero-order valence-electron chi connectivity index (χ0n) is 14.3. The predicted molar refractivity (Wildman–Crippen MR) is 87.7 cm³/mol. The zero-order chi connectivity index (χ0) is 17.0. The third-order valence-corrected chi connectivity index (χ3v) is 4.68. The topological polar surface area (TPSA) is 76.8 Å². The molecule has 0 aromatic heterocycles. The maximum atomic E-state index is 13.0. The number of amidine groups is 1. The van der Waals surface area contributed by atoms with Gasteiger partial charge in [-0.25, -0.2) is 0 Å². The van der Waals surface area contributed by atoms with Crippen LogP contribution in [-0.4, -0.2) is 52.1 Å². The van der Waals surface area contributed by atoms with Crippen molar-refractivity contribution in [1.29, 1.82) is 5.26 Å². The molecule has 0 atom stereocenters. The van der Waals surface area contributed by atoms with E-state index in [0.29, 0.717) is 25.9 Å². The lowest BCUT2D eigenvalue weighted by Gasteiger charge is -2.36. The molecule has 6 heteroatoms. The van der Waals surface area contributed by atoms with Gasteiger partial charge in [-0.2, -0.15) is 5.26 Å². The first-order chi connectivity index (χ1) is 10.9. The van der Waals surface area contributed by atoms with Crippen LogP contribution in [0.2, 0.25) is 0 Å². The van der Waals surface area contributed by atoms with Crippen LogP contribution in [0.1, 0.15) is 59.3 Å². The number of rotatable bonds is 5. The normalized spacial score (nSPS) is 20.1. The van der Waals surface area contributed by atoms with Crippen molar-refractivity contribution >= 4 is 17.6 Å². The van der Waals surface area contributed by atoms with E-state index in [4.69, 9.17) is 10.3 Å². The lowest BCUT2D eigenvalue weighted by Crippen LogP contribution is -2.52. The Bertz CT molecular complexity index is 539. The summed E-state index contributed by atoms with van der Waals surface area (Å²) in [6.07, 6.45) is 3.95. The van der Waals surface area contributed by atoms with Gasteiger partial charge < -0.3 is 4.90 Å². The van der Waals surface area contributed by atoms with Gasteiger partial charge >= 0.3 is 0 Å². The number of hydrogen-bond donors (Lipinski definition) is 0. The largest absolute Gasteiger partial charge is 0.342 e. The Morgan fingerprint density at radius 3 is 2.57 bits per heavy atom. The Hall–Kier alpha value is -1.90. The van der Waals surface area contributed by atoms with Gasteiger partial charge in [-0.3, -0.25) is 19.5 Å². The third kappa shape index (κ3) is 3.39. The molecule has 1 spiro atoms. The molecule has 1 saturated heterocycles. The molecule has 0 aromatic rings. The number of unbranched alkanes of at least 4 members (excludes halogenated alkanes) is 1. The van der Waals surface area contributed by atoms with Gasteiger partial charge in [0.25, 0.3) is 5.91 Å². The average Bonchev–Trinajstić information content (AvgIpc) is 2.78. The third-order valence-electron chi connectivity index (χ3n) is 4.68. The number of carbonyl (C=O) groups excluding carboxylic acids is 2. The molecule has 6 nitrogen and oxygen atoms in total. The summed E-state index contributed by atoms with van der Waals surface area (Å²) in [6.45, 7) is 7.17. The molecule has 0 radical (unpaired) electrons. The summed E-state index contributed by atoms with van der Waals surface area (Å²) in [5.41, 5.74) is -0.684. The quantitative estimate of drug-likeness (QED) is 0.779. The van der Waals surface area contributed by atoms with Crippen molar-refractivity contribution in [2.24, 2.45) is 4.99 Å². The van der Waals surface area contributed by atoms with Crippen LogP contribution < -0.4 is 0 Å². The second-order valence-electron chi connectivity index (χ2n) is 6.65. The second-order valence-corrected chi connectivity index (χ2v) is 6.65. The van der Waals surface area contributed by atoms with Gasteiger partial charge in [0.1, 0.15) is 17.8 Å². The van der Waals surface area contributed by atoms with Crippen molar-refractivity contribution in [1.82, 2.24) is 9.80 Å². The van der Waals surface area contributed by atoms with Crippen LogP contribution in [0.15, 0.2) is 4.99 Å². The predicted octanol–water partition coefficient (Wildman–Crippen LogP) is 2.10. The van der Waals surface area contributed by atoms with E-state index in [-0.39, 0.29) is 24.3 Å². The van der Waals surface area contributed by atoms with Crippen molar-refractivity contribution in [3.05, 3.63) is 0 Å². The average molecular weight is 318 g/mol. The van der Waals surface area contributed by atoms with Crippen molar-refractivity contribution in [2.45, 2.75) is 70.9 Å². The molecular weight excluding hydrogens is 292 g/mol. The highest BCUT2D eigenvalue weighted by molar-refractivity contribution is 6.08. The lowest BCUT2D eigenvalue weighted by atomic mass is 9.87. The van der Waals surface area contributed by atoms with Crippen molar-refractivity contribution < 1.29 is 9.59 Å². The summed E-state index contributed by atoms with van der Waals surface area (Å²) < 4.78 is 0. The molecule has 2 rings (SSSR count). The van der Waals surface area contributed by atoms with E-state index in [9.17, 15) is 9.59 Å². The fourth-order valence-electron chi connectivity index (χ4n) is 3.37. The number of aliphatic imine (C=N–C) groups is 1. The van der Waals surface area contributed by atoms with E-state index in [1.807, 2.05) is 24.8 Å². The standard InChI is InChI=1S/C17H26N4O2/c1-4-5-6-14-19-17(16(23)21(14)13(2)3)8-11-20(12-9-17)15(22)7-10-18/h13H,4-9,11-12H2,1-3H3. The Balaban J connectivity index is 2.13. The molecule has 2 aliphatic rings. The minimum atomic E-state index is -0.684. The van der Waals surface area contributed by atoms with Crippen LogP contribution in [-0.2, 0) is 9.59 Å². The van der Waals surface area contributed by atoms with E-state index in [1.165, 1.54) is 0 Å². The first-order valence-electron chi connectivity index (χ1n) is 8.52. The number of likely N-dealkylation sites (tertiary alicyclic amines) is 1. The van der Waals surface area contributed by atoms with Gasteiger partial charge in [-0.15, -0.1) is 0 Å². The highest BCUT2D eigenvalue weighted by Crippen LogP contribution is 2.35. The van der Waals surface area contributed by atoms with E-state index >= 15 is 0 Å². The molecule has 0 aliphatic carbocycles. The Labute approximate surface area is 138 Å². The SMILES string of the molecule is CCCCC1=NC2(CCN(C(=O)CC#N)CC2)C(=O)N1C(C)C. The maximum Gasteiger partial charge on any atom is 0.256 e. The summed E-state index contributed by atoms with van der Waals surface area (Å²) in [5.74, 6) is 0.846. The first-order valence-corrected chi connectivity index (χ1v) is 8.52. The van der Waals surface area contributed by atoms with E-state index in [2.05, 4.69) is 6.92 Å². The molecule has 2 aliphatic heterocycles. The number of nitrogens with zero attached hydrogens (tertiary/aromatic N) is 4. The molecule has 2 amide bonds. The smallest absolute Gasteiger partial charge is 0.256 e. The second kappa shape index (κ2) is 7.12. The molecule has 0 saturated carbocycles. The highest BCUT2D eigenvalue weighted by atomic mass is 16.2. The van der Waals surface area contributed by atoms with Crippen LogP contribution in [0, 0.1) is 11.3 Å². The van der Waals surface area contributed by atoms with Crippen molar-refractivity contribution in [3.63, 3.8) is 0 Å². The van der Waals surface area contributed by atoms with Gasteiger partial charge in [0, 0.05) is 25.6 Å². The molecule has 0 aromatic carbocycles. The lowest BCUT2D eigenvalue weighted by molar-refractivity contribution is -0.138. The molecule has 23 heavy (non-hydrogen) atoms. The first kappa shape index (κ1) is 17.5. The van der Waals surface area contributed by atoms with Gasteiger partial charge in [0.15, 0.2) is 0 Å². The van der Waals surface area contributed by atoms with Crippen molar-refractivity contribution in [2.75, 3.05) is 13.1 Å². The number of carbonyl (C=O) groups is 2. The summed E-state index contributed by atoms with van der Waals surface area (Å²) in [6, 6.07) is 2.00. The van der Waals surface area contributed by atoms with Crippen LogP contribution in [0.25, 0.3) is 0 Å². The molecular formula is C17H26N4O2. The Kier molecular flexibility index (Phi) is 5.40. The molecule has 2 heterocycles. The van der Waals surface area contributed by atoms with Gasteiger partial charge in [0.2, 0.25) is 5.91 Å². The number of piperidine rings is 1. The van der Waals surface area contributed by atoms with Crippen LogP contribution in [0.5, 0.6) is 0 Å². The monoisotopic (exact) mass is 318 g/mol. The highest BCUT2D eigenvalue weighted by Gasteiger charge is 2.50. The Morgan fingerprint density at radius 1 is 1.39 bits per heavy atom. The molecule has 0 bridgehead atoms. The van der Waals surface area contributed by atoms with Crippen LogP contribution >= 0.6 is 0 Å². The Morgan fingerprint density at radius 2 is 2.04 bits per heavy atom. The van der Waals surface area contributed by atoms with Gasteiger partial charge in [-0.05, 0) is 33.1 Å². The zero-order valence-corrected chi connectivity index (χ0v) is 14.3. The number of hydrogen-bond acceptors (Lipinski definition) is 4. The fraction of sp³-hybridized carbons (Fsp3) is 0.765. The summed E-state index contributed by atoms with van der Waals surface area (Å²) in [7, 11) is 0. The summed E-state index contributed by atoms with van der Waals surface area (Å²) in [5, 5.41) is 8.65. The van der Waals surface area contributed by atoms with Crippen molar-refractivity contribution in [3.8, 4) is 6.07 Å². The van der Waals surface area contributed by atoms with E-state index in [1.54, 1.807) is 4.90 Å². The van der Waals surface area contributed by atoms with Crippen LogP contribution in [0.3, 0.4) is 0 Å².